The van der Waals surface area contributed by atoms with E-state index in [0.29, 0.717) is 11.9 Å². The second-order valence-electron chi connectivity index (χ2n) is 8.42. The smallest absolute Gasteiger partial charge is 0.381 e. The molecule has 1 saturated heterocycles. The second-order valence-corrected chi connectivity index (χ2v) is 8.42. The van der Waals surface area contributed by atoms with Gasteiger partial charge in [0.05, 0.1) is 16.6 Å². The van der Waals surface area contributed by atoms with Gasteiger partial charge in [-0.3, -0.25) is 19.3 Å². The Bertz CT molecular complexity index is 1370. The number of benzene rings is 1. The van der Waals surface area contributed by atoms with Gasteiger partial charge in [0.1, 0.15) is 17.2 Å². The fourth-order valence-electron chi connectivity index (χ4n) is 3.52. The van der Waals surface area contributed by atoms with Crippen molar-refractivity contribution in [1.29, 1.82) is 0 Å². The molecule has 1 fully saturated rings. The van der Waals surface area contributed by atoms with Crippen molar-refractivity contribution in [3.8, 4) is 11.3 Å². The molecule has 1 aliphatic rings. The van der Waals surface area contributed by atoms with Crippen LogP contribution in [0.4, 0.5) is 17.6 Å². The summed E-state index contributed by atoms with van der Waals surface area (Å²) >= 11 is 0. The first-order valence-electron chi connectivity index (χ1n) is 11.7. The van der Waals surface area contributed by atoms with E-state index in [2.05, 4.69) is 15.0 Å². The zero-order valence-corrected chi connectivity index (χ0v) is 20.8. The average Bonchev–Trinajstić information content (AvgIpc) is 2.89. The number of aryl methyl sites for hydroxylation is 2. The molecule has 196 valence electrons. The summed E-state index contributed by atoms with van der Waals surface area (Å²) in [5.74, 6) is -0.695. The first-order valence-corrected chi connectivity index (χ1v) is 11.7. The summed E-state index contributed by atoms with van der Waals surface area (Å²) in [4.78, 5) is 24.5. The molecule has 0 atom stereocenters. The lowest BCUT2D eigenvalue weighted by atomic mass is 10.1. The van der Waals surface area contributed by atoms with Gasteiger partial charge in [0, 0.05) is 43.9 Å². The van der Waals surface area contributed by atoms with Crippen LogP contribution in [0.2, 0.25) is 0 Å². The van der Waals surface area contributed by atoms with Crippen LogP contribution in [0.5, 0.6) is 0 Å². The standard InChI is InChI=1S/C16H11F4N3O.C6H7N.C5H10O/c1-8-22-14-11(15(24)23(8)2)5-6-21-13(14)10-4-3-9(7-12(10)17)16(18,19)20;1-6-4-2-3-5-7-6;1-2-4-6-5-3-1/h3-7H,1-2H3;2-5H,1H3;1-5H2. The Kier molecular flexibility index (Phi) is 9.46. The van der Waals surface area contributed by atoms with E-state index in [1.165, 1.54) is 36.1 Å². The van der Waals surface area contributed by atoms with E-state index in [-0.39, 0.29) is 27.7 Å². The molecular formula is C27H28F4N4O2. The molecule has 4 heterocycles. The third-order valence-electron chi connectivity index (χ3n) is 5.66. The van der Waals surface area contributed by atoms with E-state index in [1.807, 2.05) is 25.1 Å². The van der Waals surface area contributed by atoms with Gasteiger partial charge in [0.15, 0.2) is 0 Å². The molecule has 0 bridgehead atoms. The van der Waals surface area contributed by atoms with Gasteiger partial charge in [0.2, 0.25) is 0 Å². The number of pyridine rings is 2. The molecule has 0 spiro atoms. The van der Waals surface area contributed by atoms with Crippen molar-refractivity contribution in [1.82, 2.24) is 19.5 Å². The fraction of sp³-hybridized carbons (Fsp3) is 0.333. The SMILES string of the molecule is C1CCOCC1.Cc1ccccn1.Cc1nc2c(-c3ccc(C(F)(F)F)cc3F)nccc2c(=O)n1C. The highest BCUT2D eigenvalue weighted by molar-refractivity contribution is 5.90. The Hall–Kier alpha value is -3.66. The van der Waals surface area contributed by atoms with Gasteiger partial charge >= 0.3 is 6.18 Å². The molecule has 1 aliphatic heterocycles. The van der Waals surface area contributed by atoms with Crippen LogP contribution in [-0.4, -0.2) is 32.7 Å². The van der Waals surface area contributed by atoms with E-state index in [1.54, 1.807) is 20.2 Å². The van der Waals surface area contributed by atoms with Crippen LogP contribution in [0.1, 0.15) is 36.3 Å². The predicted molar refractivity (Wildman–Crippen MR) is 134 cm³/mol. The van der Waals surface area contributed by atoms with Crippen molar-refractivity contribution in [3.63, 3.8) is 0 Å². The maximum absolute atomic E-state index is 14.2. The maximum atomic E-state index is 14.2. The number of alkyl halides is 3. The van der Waals surface area contributed by atoms with Crippen molar-refractivity contribution in [3.05, 3.63) is 88.1 Å². The minimum absolute atomic E-state index is 0.0273. The molecule has 4 aromatic rings. The minimum atomic E-state index is -4.64. The van der Waals surface area contributed by atoms with Crippen LogP contribution in [0.3, 0.4) is 0 Å². The third-order valence-corrected chi connectivity index (χ3v) is 5.66. The van der Waals surface area contributed by atoms with Gasteiger partial charge in [-0.2, -0.15) is 13.2 Å². The molecule has 5 rings (SSSR count). The summed E-state index contributed by atoms with van der Waals surface area (Å²) in [6, 6.07) is 9.47. The summed E-state index contributed by atoms with van der Waals surface area (Å²) in [7, 11) is 1.54. The molecule has 0 saturated carbocycles. The lowest BCUT2D eigenvalue weighted by Crippen LogP contribution is -2.21. The number of nitrogens with zero attached hydrogens (tertiary/aromatic N) is 4. The van der Waals surface area contributed by atoms with Crippen LogP contribution < -0.4 is 5.56 Å². The summed E-state index contributed by atoms with van der Waals surface area (Å²) in [5.41, 5.74) is -0.329. The predicted octanol–water partition coefficient (Wildman–Crippen LogP) is 6.04. The molecule has 0 radical (unpaired) electrons. The Morgan fingerprint density at radius 1 is 0.946 bits per heavy atom. The van der Waals surface area contributed by atoms with Crippen molar-refractivity contribution in [2.24, 2.45) is 7.05 Å². The highest BCUT2D eigenvalue weighted by atomic mass is 19.4. The van der Waals surface area contributed by atoms with Crippen molar-refractivity contribution >= 4 is 10.9 Å². The van der Waals surface area contributed by atoms with Crippen molar-refractivity contribution in [2.45, 2.75) is 39.3 Å². The van der Waals surface area contributed by atoms with Crippen LogP contribution in [0.25, 0.3) is 22.2 Å². The van der Waals surface area contributed by atoms with Gasteiger partial charge < -0.3 is 4.74 Å². The second kappa shape index (κ2) is 12.5. The van der Waals surface area contributed by atoms with Crippen molar-refractivity contribution in [2.75, 3.05) is 13.2 Å². The van der Waals surface area contributed by atoms with E-state index < -0.39 is 17.6 Å². The molecular weight excluding hydrogens is 488 g/mol. The van der Waals surface area contributed by atoms with E-state index in [4.69, 9.17) is 4.74 Å². The van der Waals surface area contributed by atoms with E-state index in [0.717, 1.165) is 31.0 Å². The summed E-state index contributed by atoms with van der Waals surface area (Å²) in [6.07, 6.45) is 2.37. The number of aromatic nitrogens is 4. The maximum Gasteiger partial charge on any atom is 0.416 e. The number of ether oxygens (including phenoxy) is 1. The molecule has 1 aromatic carbocycles. The Morgan fingerprint density at radius 2 is 1.68 bits per heavy atom. The number of hydrogen-bond donors (Lipinski definition) is 0. The highest BCUT2D eigenvalue weighted by Crippen LogP contribution is 2.33. The Labute approximate surface area is 212 Å². The lowest BCUT2D eigenvalue weighted by molar-refractivity contribution is -0.137. The van der Waals surface area contributed by atoms with E-state index >= 15 is 0 Å². The number of rotatable bonds is 1. The van der Waals surface area contributed by atoms with E-state index in [9.17, 15) is 22.4 Å². The normalized spacial score (nSPS) is 13.3. The molecule has 0 N–H and O–H groups in total. The number of halogens is 4. The molecule has 0 unspecified atom stereocenters. The molecule has 10 heteroatoms. The molecule has 0 amide bonds. The average molecular weight is 517 g/mol. The van der Waals surface area contributed by atoms with Crippen LogP contribution in [0.15, 0.2) is 59.7 Å². The zero-order valence-electron chi connectivity index (χ0n) is 20.8. The van der Waals surface area contributed by atoms with Gasteiger partial charge in [-0.1, -0.05) is 6.07 Å². The van der Waals surface area contributed by atoms with Gasteiger partial charge in [-0.15, -0.1) is 0 Å². The number of hydrogen-bond acceptors (Lipinski definition) is 5. The number of fused-ring (bicyclic) bond motifs is 1. The fourth-order valence-corrected chi connectivity index (χ4v) is 3.52. The first-order chi connectivity index (χ1) is 17.6. The molecule has 3 aromatic heterocycles. The van der Waals surface area contributed by atoms with Gasteiger partial charge in [0.25, 0.3) is 5.56 Å². The zero-order chi connectivity index (χ0) is 27.0. The minimum Gasteiger partial charge on any atom is -0.381 e. The first kappa shape index (κ1) is 27.9. The van der Waals surface area contributed by atoms with Crippen LogP contribution in [-0.2, 0) is 18.0 Å². The van der Waals surface area contributed by atoms with Crippen molar-refractivity contribution < 1.29 is 22.3 Å². The summed E-state index contributed by atoms with van der Waals surface area (Å²) in [5, 5.41) is 0.215. The Morgan fingerprint density at radius 3 is 2.16 bits per heavy atom. The quantitative estimate of drug-likeness (QED) is 0.289. The molecule has 0 aliphatic carbocycles. The summed E-state index contributed by atoms with van der Waals surface area (Å²) < 4.78 is 58.6. The third kappa shape index (κ3) is 7.42. The molecule has 6 nitrogen and oxygen atoms in total. The van der Waals surface area contributed by atoms with Crippen LogP contribution in [0, 0.1) is 19.7 Å². The topological polar surface area (TPSA) is 69.9 Å². The van der Waals surface area contributed by atoms with Gasteiger partial charge in [-0.25, -0.2) is 9.37 Å². The molecule has 37 heavy (non-hydrogen) atoms. The largest absolute Gasteiger partial charge is 0.416 e. The Balaban J connectivity index is 0.000000237. The highest BCUT2D eigenvalue weighted by Gasteiger charge is 2.31. The van der Waals surface area contributed by atoms with Gasteiger partial charge in [-0.05, 0) is 69.5 Å². The lowest BCUT2D eigenvalue weighted by Gasteiger charge is -2.11. The monoisotopic (exact) mass is 516 g/mol. The van der Waals surface area contributed by atoms with Crippen LogP contribution >= 0.6 is 0 Å². The summed E-state index contributed by atoms with van der Waals surface area (Å²) in [6.45, 7) is 5.57.